The molecule has 26 heavy (non-hydrogen) atoms. The van der Waals surface area contributed by atoms with E-state index >= 15 is 0 Å². The number of nitrogens with zero attached hydrogens (tertiary/aromatic N) is 1. The standard InChI is InChI=1S/C20H20ClN3O2/c1-14-3-6-17(21)11-19(14)24-13-16(12-22)20(25)23-10-9-15-4-7-18(26-2)8-5-15/h3-8,11,13,24H,9-10H2,1-2H3,(H,23,25)/b16-13-. The number of rotatable bonds is 7. The maximum atomic E-state index is 12.2. The number of carbonyl (C=O) groups is 1. The molecule has 0 aliphatic heterocycles. The third kappa shape index (κ3) is 5.54. The fourth-order valence-electron chi connectivity index (χ4n) is 2.26. The topological polar surface area (TPSA) is 74.1 Å². The van der Waals surface area contributed by atoms with Gasteiger partial charge in [-0.3, -0.25) is 4.79 Å². The van der Waals surface area contributed by atoms with E-state index in [0.717, 1.165) is 22.6 Å². The Balaban J connectivity index is 1.91. The van der Waals surface area contributed by atoms with Gasteiger partial charge < -0.3 is 15.4 Å². The van der Waals surface area contributed by atoms with Gasteiger partial charge in [0, 0.05) is 23.5 Å². The van der Waals surface area contributed by atoms with Gasteiger partial charge in [-0.05, 0) is 48.7 Å². The van der Waals surface area contributed by atoms with Gasteiger partial charge >= 0.3 is 0 Å². The van der Waals surface area contributed by atoms with Crippen LogP contribution in [0.1, 0.15) is 11.1 Å². The van der Waals surface area contributed by atoms with Crippen LogP contribution in [0.3, 0.4) is 0 Å². The van der Waals surface area contributed by atoms with Crippen LogP contribution in [-0.4, -0.2) is 19.6 Å². The van der Waals surface area contributed by atoms with Crippen molar-refractivity contribution in [2.45, 2.75) is 13.3 Å². The normalized spacial score (nSPS) is 10.8. The van der Waals surface area contributed by atoms with Crippen molar-refractivity contribution in [1.29, 1.82) is 5.26 Å². The molecule has 0 saturated carbocycles. The first kappa shape index (κ1) is 19.4. The van der Waals surface area contributed by atoms with Crippen LogP contribution in [0.2, 0.25) is 5.02 Å². The molecule has 0 saturated heterocycles. The lowest BCUT2D eigenvalue weighted by atomic mass is 10.1. The lowest BCUT2D eigenvalue weighted by Gasteiger charge is -2.08. The lowest BCUT2D eigenvalue weighted by molar-refractivity contribution is -0.117. The number of ether oxygens (including phenoxy) is 1. The van der Waals surface area contributed by atoms with Crippen molar-refractivity contribution in [3.63, 3.8) is 0 Å². The van der Waals surface area contributed by atoms with Crippen LogP contribution >= 0.6 is 11.6 Å². The molecule has 0 aromatic heterocycles. The van der Waals surface area contributed by atoms with Crippen LogP contribution < -0.4 is 15.4 Å². The molecule has 0 fully saturated rings. The SMILES string of the molecule is COc1ccc(CCNC(=O)/C(C#N)=C\Nc2cc(Cl)ccc2C)cc1. The number of nitriles is 1. The molecule has 0 radical (unpaired) electrons. The molecule has 0 aliphatic carbocycles. The second-order valence-electron chi connectivity index (χ2n) is 5.63. The Morgan fingerprint density at radius 2 is 2.00 bits per heavy atom. The van der Waals surface area contributed by atoms with E-state index in [0.29, 0.717) is 18.0 Å². The summed E-state index contributed by atoms with van der Waals surface area (Å²) in [5.41, 5.74) is 2.78. The van der Waals surface area contributed by atoms with E-state index in [1.54, 1.807) is 19.2 Å². The summed E-state index contributed by atoms with van der Waals surface area (Å²) in [6.07, 6.45) is 2.05. The van der Waals surface area contributed by atoms with Gasteiger partial charge in [-0.25, -0.2) is 0 Å². The number of hydrogen-bond donors (Lipinski definition) is 2. The molecule has 5 nitrogen and oxygen atoms in total. The molecule has 2 aromatic rings. The minimum Gasteiger partial charge on any atom is -0.497 e. The Morgan fingerprint density at radius 3 is 2.65 bits per heavy atom. The summed E-state index contributed by atoms with van der Waals surface area (Å²) in [7, 11) is 1.61. The second-order valence-corrected chi connectivity index (χ2v) is 6.06. The van der Waals surface area contributed by atoms with Crippen molar-refractivity contribution >= 4 is 23.2 Å². The van der Waals surface area contributed by atoms with Gasteiger partial charge in [-0.2, -0.15) is 5.26 Å². The molecule has 2 N–H and O–H groups in total. The zero-order valence-electron chi connectivity index (χ0n) is 14.7. The average molecular weight is 370 g/mol. The molecule has 2 aromatic carbocycles. The summed E-state index contributed by atoms with van der Waals surface area (Å²) in [6, 6.07) is 14.9. The summed E-state index contributed by atoms with van der Waals surface area (Å²) in [6.45, 7) is 2.34. The molecular weight excluding hydrogens is 350 g/mol. The average Bonchev–Trinajstić information content (AvgIpc) is 2.65. The van der Waals surface area contributed by atoms with E-state index in [-0.39, 0.29) is 5.57 Å². The minimum absolute atomic E-state index is 0.000827. The number of anilines is 1. The Morgan fingerprint density at radius 1 is 1.27 bits per heavy atom. The summed E-state index contributed by atoms with van der Waals surface area (Å²) >= 11 is 5.96. The number of hydrogen-bond acceptors (Lipinski definition) is 4. The fourth-order valence-corrected chi connectivity index (χ4v) is 2.43. The van der Waals surface area contributed by atoms with Gasteiger partial charge in [0.2, 0.25) is 0 Å². The first-order chi connectivity index (χ1) is 12.5. The number of methoxy groups -OCH3 is 1. The summed E-state index contributed by atoms with van der Waals surface area (Å²) in [5.74, 6) is 0.364. The lowest BCUT2D eigenvalue weighted by Crippen LogP contribution is -2.27. The number of benzene rings is 2. The summed E-state index contributed by atoms with van der Waals surface area (Å²) < 4.78 is 5.11. The molecule has 0 unspecified atom stereocenters. The van der Waals surface area contributed by atoms with Gasteiger partial charge in [0.15, 0.2) is 0 Å². The molecule has 0 spiro atoms. The Bertz CT molecular complexity index is 839. The van der Waals surface area contributed by atoms with Crippen molar-refractivity contribution in [3.8, 4) is 11.8 Å². The smallest absolute Gasteiger partial charge is 0.263 e. The highest BCUT2D eigenvalue weighted by atomic mass is 35.5. The van der Waals surface area contributed by atoms with Crippen molar-refractivity contribution in [2.24, 2.45) is 0 Å². The minimum atomic E-state index is -0.423. The molecule has 2 rings (SSSR count). The fraction of sp³-hybridized carbons (Fsp3) is 0.200. The Hall–Kier alpha value is -2.97. The third-order valence-corrected chi connectivity index (χ3v) is 4.03. The second kappa shape index (κ2) is 9.50. The summed E-state index contributed by atoms with van der Waals surface area (Å²) in [4.78, 5) is 12.2. The van der Waals surface area contributed by atoms with Crippen LogP contribution in [0.4, 0.5) is 5.69 Å². The first-order valence-electron chi connectivity index (χ1n) is 8.07. The van der Waals surface area contributed by atoms with Gasteiger partial charge in [0.25, 0.3) is 5.91 Å². The van der Waals surface area contributed by atoms with Crippen molar-refractivity contribution in [1.82, 2.24) is 5.32 Å². The highest BCUT2D eigenvalue weighted by Gasteiger charge is 2.08. The van der Waals surface area contributed by atoms with Gasteiger partial charge in [-0.15, -0.1) is 0 Å². The predicted octanol–water partition coefficient (Wildman–Crippen LogP) is 3.84. The molecule has 0 atom stereocenters. The molecule has 1 amide bonds. The maximum Gasteiger partial charge on any atom is 0.263 e. The Labute approximate surface area is 158 Å². The number of amides is 1. The molecule has 0 heterocycles. The van der Waals surface area contributed by atoms with Crippen LogP contribution in [0, 0.1) is 18.3 Å². The van der Waals surface area contributed by atoms with Gasteiger partial charge in [0.1, 0.15) is 17.4 Å². The van der Waals surface area contributed by atoms with Crippen molar-refractivity contribution in [3.05, 3.63) is 70.4 Å². The number of nitrogens with one attached hydrogen (secondary N) is 2. The van der Waals surface area contributed by atoms with Crippen LogP contribution in [0.25, 0.3) is 0 Å². The van der Waals surface area contributed by atoms with Crippen LogP contribution in [0.15, 0.2) is 54.2 Å². The molecule has 0 bridgehead atoms. The molecule has 0 aliphatic rings. The van der Waals surface area contributed by atoms with Gasteiger partial charge in [0.05, 0.1) is 7.11 Å². The summed E-state index contributed by atoms with van der Waals surface area (Å²) in [5, 5.41) is 15.5. The highest BCUT2D eigenvalue weighted by Crippen LogP contribution is 2.20. The van der Waals surface area contributed by atoms with Crippen LogP contribution in [0.5, 0.6) is 5.75 Å². The Kier molecular flexibility index (Phi) is 7.07. The number of halogens is 1. The van der Waals surface area contributed by atoms with E-state index < -0.39 is 5.91 Å². The van der Waals surface area contributed by atoms with E-state index in [1.165, 1.54) is 6.20 Å². The largest absolute Gasteiger partial charge is 0.497 e. The highest BCUT2D eigenvalue weighted by molar-refractivity contribution is 6.30. The number of carbonyl (C=O) groups excluding carboxylic acids is 1. The quantitative estimate of drug-likeness (QED) is 0.574. The van der Waals surface area contributed by atoms with E-state index in [9.17, 15) is 10.1 Å². The van der Waals surface area contributed by atoms with E-state index in [2.05, 4.69) is 10.6 Å². The van der Waals surface area contributed by atoms with Crippen LogP contribution in [-0.2, 0) is 11.2 Å². The third-order valence-electron chi connectivity index (χ3n) is 3.79. The monoisotopic (exact) mass is 369 g/mol. The zero-order valence-corrected chi connectivity index (χ0v) is 15.4. The van der Waals surface area contributed by atoms with Crippen molar-refractivity contribution < 1.29 is 9.53 Å². The predicted molar refractivity (Wildman–Crippen MR) is 103 cm³/mol. The molecule has 134 valence electrons. The molecule has 6 heteroatoms. The molecular formula is C20H20ClN3O2. The first-order valence-corrected chi connectivity index (χ1v) is 8.45. The van der Waals surface area contributed by atoms with Crippen molar-refractivity contribution in [2.75, 3.05) is 19.0 Å². The zero-order chi connectivity index (χ0) is 18.9. The van der Waals surface area contributed by atoms with E-state index in [4.69, 9.17) is 16.3 Å². The maximum absolute atomic E-state index is 12.2. The number of aryl methyl sites for hydroxylation is 1. The van der Waals surface area contributed by atoms with Gasteiger partial charge in [-0.1, -0.05) is 29.8 Å². The van der Waals surface area contributed by atoms with E-state index in [1.807, 2.05) is 43.3 Å².